The maximum absolute atomic E-state index is 12.5. The molecular formula is C15H13BrN2O3S2. The summed E-state index contributed by atoms with van der Waals surface area (Å²) < 4.78 is 33.7. The number of rotatable bonds is 5. The topological polar surface area (TPSA) is 72.2 Å². The molecule has 0 saturated carbocycles. The van der Waals surface area contributed by atoms with Crippen molar-refractivity contribution >= 4 is 37.3 Å². The molecule has 0 amide bonds. The molecule has 0 saturated heterocycles. The van der Waals surface area contributed by atoms with Gasteiger partial charge in [0.25, 0.3) is 0 Å². The number of aromatic nitrogens is 1. The van der Waals surface area contributed by atoms with Crippen LogP contribution in [0.15, 0.2) is 56.5 Å². The Bertz CT molecular complexity index is 918. The highest BCUT2D eigenvalue weighted by molar-refractivity contribution is 9.10. The molecule has 23 heavy (non-hydrogen) atoms. The predicted molar refractivity (Wildman–Crippen MR) is 92.7 cm³/mol. The van der Waals surface area contributed by atoms with Crippen LogP contribution in [0, 0.1) is 6.92 Å². The maximum atomic E-state index is 12.5. The summed E-state index contributed by atoms with van der Waals surface area (Å²) in [5, 5.41) is 3.65. The van der Waals surface area contributed by atoms with Gasteiger partial charge in [0, 0.05) is 22.0 Å². The van der Waals surface area contributed by atoms with Crippen molar-refractivity contribution in [1.29, 1.82) is 0 Å². The Morgan fingerprint density at radius 2 is 2.13 bits per heavy atom. The molecule has 3 rings (SSSR count). The Hall–Kier alpha value is -1.48. The first kappa shape index (κ1) is 16.4. The van der Waals surface area contributed by atoms with Gasteiger partial charge in [-0.1, -0.05) is 33.2 Å². The quantitative estimate of drug-likeness (QED) is 0.688. The van der Waals surface area contributed by atoms with E-state index in [0.717, 1.165) is 14.9 Å². The van der Waals surface area contributed by atoms with E-state index >= 15 is 0 Å². The zero-order chi connectivity index (χ0) is 16.4. The Morgan fingerprint density at radius 1 is 1.30 bits per heavy atom. The fourth-order valence-electron chi connectivity index (χ4n) is 2.10. The van der Waals surface area contributed by atoms with Gasteiger partial charge in [-0.15, -0.1) is 11.3 Å². The van der Waals surface area contributed by atoms with Crippen molar-refractivity contribution in [3.05, 3.63) is 57.5 Å². The zero-order valence-corrected chi connectivity index (χ0v) is 15.3. The Morgan fingerprint density at radius 3 is 2.83 bits per heavy atom. The van der Waals surface area contributed by atoms with Crippen LogP contribution in [0.3, 0.4) is 0 Å². The van der Waals surface area contributed by atoms with E-state index in [1.807, 2.05) is 24.3 Å². The van der Waals surface area contributed by atoms with Gasteiger partial charge >= 0.3 is 0 Å². The molecule has 0 aliphatic rings. The Labute approximate surface area is 146 Å². The summed E-state index contributed by atoms with van der Waals surface area (Å²) >= 11 is 4.74. The summed E-state index contributed by atoms with van der Waals surface area (Å²) in [5.41, 5.74) is 0.881. The van der Waals surface area contributed by atoms with Crippen molar-refractivity contribution in [2.75, 3.05) is 0 Å². The van der Waals surface area contributed by atoms with Crippen molar-refractivity contribution < 1.29 is 12.9 Å². The number of nitrogens with zero attached hydrogens (tertiary/aromatic N) is 1. The number of hydrogen-bond donors (Lipinski definition) is 1. The van der Waals surface area contributed by atoms with Crippen molar-refractivity contribution in [3.8, 4) is 10.6 Å². The van der Waals surface area contributed by atoms with Gasteiger partial charge in [0.05, 0.1) is 16.0 Å². The number of nitrogens with one attached hydrogen (secondary N) is 1. The van der Waals surface area contributed by atoms with E-state index in [2.05, 4.69) is 25.8 Å². The fourth-order valence-corrected chi connectivity index (χ4v) is 5.11. The van der Waals surface area contributed by atoms with Gasteiger partial charge in [0.15, 0.2) is 5.76 Å². The summed E-state index contributed by atoms with van der Waals surface area (Å²) in [4.78, 5) is 1.71. The number of sulfonamides is 1. The second-order valence-electron chi connectivity index (χ2n) is 4.86. The lowest BCUT2D eigenvalue weighted by molar-refractivity contribution is 0.433. The van der Waals surface area contributed by atoms with E-state index in [4.69, 9.17) is 4.52 Å². The third-order valence-corrected chi connectivity index (χ3v) is 6.41. The summed E-state index contributed by atoms with van der Waals surface area (Å²) in [6.07, 6.45) is 1.53. The lowest BCUT2D eigenvalue weighted by Gasteiger charge is -2.06. The van der Waals surface area contributed by atoms with Crippen LogP contribution in [-0.4, -0.2) is 13.6 Å². The third-order valence-electron chi connectivity index (χ3n) is 3.20. The van der Waals surface area contributed by atoms with Crippen molar-refractivity contribution in [2.45, 2.75) is 18.4 Å². The summed E-state index contributed by atoms with van der Waals surface area (Å²) in [6, 6.07) is 10.8. The Kier molecular flexibility index (Phi) is 4.67. The maximum Gasteiger partial charge on any atom is 0.241 e. The number of aryl methyl sites for hydroxylation is 1. The molecule has 0 unspecified atom stereocenters. The molecule has 2 aromatic heterocycles. The van der Waals surface area contributed by atoms with Crippen LogP contribution >= 0.6 is 27.3 Å². The summed E-state index contributed by atoms with van der Waals surface area (Å²) in [5.74, 6) is 0.562. The molecule has 5 nitrogen and oxygen atoms in total. The van der Waals surface area contributed by atoms with Crippen LogP contribution in [0.25, 0.3) is 10.6 Å². The minimum atomic E-state index is -3.59. The lowest BCUT2D eigenvalue weighted by atomic mass is 10.2. The molecule has 3 aromatic rings. The van der Waals surface area contributed by atoms with E-state index in [0.29, 0.717) is 10.6 Å². The minimum Gasteiger partial charge on any atom is -0.355 e. The smallest absolute Gasteiger partial charge is 0.241 e. The average molecular weight is 413 g/mol. The third kappa shape index (κ3) is 3.72. The van der Waals surface area contributed by atoms with Crippen LogP contribution < -0.4 is 4.72 Å². The Balaban J connectivity index is 1.82. The van der Waals surface area contributed by atoms with Gasteiger partial charge in [0.1, 0.15) is 0 Å². The van der Waals surface area contributed by atoms with E-state index < -0.39 is 10.0 Å². The van der Waals surface area contributed by atoms with Crippen molar-refractivity contribution in [3.63, 3.8) is 0 Å². The van der Waals surface area contributed by atoms with Crippen molar-refractivity contribution in [1.82, 2.24) is 9.88 Å². The van der Waals surface area contributed by atoms with Crippen LogP contribution in [-0.2, 0) is 16.6 Å². The first-order chi connectivity index (χ1) is 11.0. The molecule has 1 aromatic carbocycles. The first-order valence-corrected chi connectivity index (χ1v) is 9.80. The van der Waals surface area contributed by atoms with Gasteiger partial charge < -0.3 is 4.52 Å². The zero-order valence-electron chi connectivity index (χ0n) is 12.1. The largest absolute Gasteiger partial charge is 0.355 e. The second kappa shape index (κ2) is 6.56. The molecule has 0 radical (unpaired) electrons. The highest BCUT2D eigenvalue weighted by Crippen LogP contribution is 2.33. The van der Waals surface area contributed by atoms with E-state index in [9.17, 15) is 8.42 Å². The fraction of sp³-hybridized carbons (Fsp3) is 0.133. The SMILES string of the molecule is Cc1sc(-c2ccno2)cc1S(=O)(=O)NCc1cccc(Br)c1. The van der Waals surface area contributed by atoms with Crippen molar-refractivity contribution in [2.24, 2.45) is 0 Å². The highest BCUT2D eigenvalue weighted by atomic mass is 79.9. The molecule has 2 heterocycles. The standard InChI is InChI=1S/C15H13BrN2O3S2/c1-10-15(8-14(22-10)13-5-6-17-21-13)23(19,20)18-9-11-3-2-4-12(16)7-11/h2-8,18H,9H2,1H3. The van der Waals surface area contributed by atoms with Gasteiger partial charge in [-0.25, -0.2) is 13.1 Å². The van der Waals surface area contributed by atoms with E-state index in [-0.39, 0.29) is 11.4 Å². The van der Waals surface area contributed by atoms with E-state index in [1.165, 1.54) is 17.5 Å². The molecule has 8 heteroatoms. The van der Waals surface area contributed by atoms with Gasteiger partial charge in [-0.05, 0) is 30.7 Å². The normalized spacial score (nSPS) is 11.7. The van der Waals surface area contributed by atoms with Gasteiger partial charge in [0.2, 0.25) is 10.0 Å². The molecule has 0 aliphatic heterocycles. The van der Waals surface area contributed by atoms with Gasteiger partial charge in [-0.2, -0.15) is 0 Å². The van der Waals surface area contributed by atoms with Crippen LogP contribution in [0.1, 0.15) is 10.4 Å². The lowest BCUT2D eigenvalue weighted by Crippen LogP contribution is -2.23. The summed E-state index contributed by atoms with van der Waals surface area (Å²) in [7, 11) is -3.59. The predicted octanol–water partition coefficient (Wildman–Crippen LogP) is 3.95. The highest BCUT2D eigenvalue weighted by Gasteiger charge is 2.21. The molecule has 0 atom stereocenters. The number of benzene rings is 1. The van der Waals surface area contributed by atoms with Crippen LogP contribution in [0.2, 0.25) is 0 Å². The minimum absolute atomic E-state index is 0.231. The molecule has 120 valence electrons. The molecular weight excluding hydrogens is 400 g/mol. The molecule has 0 aliphatic carbocycles. The molecule has 0 spiro atoms. The number of halogens is 1. The van der Waals surface area contributed by atoms with E-state index in [1.54, 1.807) is 19.1 Å². The van der Waals surface area contributed by atoms with Crippen LogP contribution in [0.4, 0.5) is 0 Å². The molecule has 1 N–H and O–H groups in total. The monoisotopic (exact) mass is 412 g/mol. The summed E-state index contributed by atoms with van der Waals surface area (Å²) in [6.45, 7) is 2.01. The molecule has 0 bridgehead atoms. The second-order valence-corrected chi connectivity index (χ2v) is 8.77. The number of hydrogen-bond acceptors (Lipinski definition) is 5. The van der Waals surface area contributed by atoms with Gasteiger partial charge in [-0.3, -0.25) is 0 Å². The van der Waals surface area contributed by atoms with Crippen LogP contribution in [0.5, 0.6) is 0 Å². The first-order valence-electron chi connectivity index (χ1n) is 6.71. The molecule has 0 fully saturated rings. The number of thiophene rings is 1. The average Bonchev–Trinajstić information content (AvgIpc) is 3.14.